The number of amides is 1. The summed E-state index contributed by atoms with van der Waals surface area (Å²) in [6, 6.07) is 5.37. The van der Waals surface area contributed by atoms with E-state index in [-0.39, 0.29) is 17.1 Å². The molecule has 1 heterocycles. The Kier molecular flexibility index (Phi) is 4.01. The van der Waals surface area contributed by atoms with Crippen LogP contribution in [0.2, 0.25) is 0 Å². The molecule has 98 valence electrons. The molecule has 1 amide bonds. The molecular formula is C13H17NO3S. The van der Waals surface area contributed by atoms with Crippen molar-refractivity contribution in [3.05, 3.63) is 18.2 Å². The highest BCUT2D eigenvalue weighted by Gasteiger charge is 2.19. The summed E-state index contributed by atoms with van der Waals surface area (Å²) in [5, 5.41) is 2.50. The molecule has 0 radical (unpaired) electrons. The predicted octanol–water partition coefficient (Wildman–Crippen LogP) is 2.35. The number of ether oxygens (including phenoxy) is 2. The second-order valence-corrected chi connectivity index (χ2v) is 5.09. The van der Waals surface area contributed by atoms with Gasteiger partial charge in [0.2, 0.25) is 5.91 Å². The average Bonchev–Trinajstić information content (AvgIpc) is 2.37. The fourth-order valence-corrected chi connectivity index (χ4v) is 1.70. The Bertz CT molecular complexity index is 448. The van der Waals surface area contributed by atoms with Crippen LogP contribution in [0.25, 0.3) is 0 Å². The topological polar surface area (TPSA) is 47.6 Å². The molecule has 1 unspecified atom stereocenters. The molecule has 0 saturated carbocycles. The molecule has 0 fully saturated rings. The number of fused-ring (bicyclic) bond motifs is 1. The SMILES string of the molecule is CC(C)C(S)C(=O)Nc1ccc2c(c1)OCCO2. The summed E-state index contributed by atoms with van der Waals surface area (Å²) in [5.41, 5.74) is 0.698. The molecule has 0 bridgehead atoms. The maximum Gasteiger partial charge on any atom is 0.237 e. The van der Waals surface area contributed by atoms with Gasteiger partial charge in [-0.1, -0.05) is 13.8 Å². The van der Waals surface area contributed by atoms with Gasteiger partial charge in [-0.15, -0.1) is 0 Å². The third-order valence-corrected chi connectivity index (χ3v) is 3.54. The van der Waals surface area contributed by atoms with Gasteiger partial charge in [0.1, 0.15) is 13.2 Å². The van der Waals surface area contributed by atoms with E-state index in [1.807, 2.05) is 13.8 Å². The first-order chi connectivity index (χ1) is 8.58. The molecular weight excluding hydrogens is 250 g/mol. The molecule has 1 N–H and O–H groups in total. The Morgan fingerprint density at radius 1 is 1.28 bits per heavy atom. The fourth-order valence-electron chi connectivity index (χ4n) is 1.64. The minimum absolute atomic E-state index is 0.106. The van der Waals surface area contributed by atoms with E-state index in [9.17, 15) is 4.79 Å². The van der Waals surface area contributed by atoms with E-state index in [1.165, 1.54) is 0 Å². The van der Waals surface area contributed by atoms with Crippen LogP contribution in [-0.2, 0) is 4.79 Å². The van der Waals surface area contributed by atoms with E-state index in [2.05, 4.69) is 17.9 Å². The Labute approximate surface area is 112 Å². The van der Waals surface area contributed by atoms with Crippen LogP contribution in [0.15, 0.2) is 18.2 Å². The lowest BCUT2D eigenvalue weighted by Gasteiger charge is -2.20. The van der Waals surface area contributed by atoms with Crippen molar-refractivity contribution in [2.24, 2.45) is 5.92 Å². The lowest BCUT2D eigenvalue weighted by Crippen LogP contribution is -2.27. The highest BCUT2D eigenvalue weighted by Crippen LogP contribution is 2.32. The minimum atomic E-state index is -0.321. The maximum atomic E-state index is 11.9. The normalized spacial score (nSPS) is 15.3. The van der Waals surface area contributed by atoms with E-state index in [0.717, 1.165) is 0 Å². The molecule has 1 aromatic rings. The van der Waals surface area contributed by atoms with Crippen molar-refractivity contribution >= 4 is 24.2 Å². The summed E-state index contributed by atoms with van der Waals surface area (Å²) in [4.78, 5) is 11.9. The van der Waals surface area contributed by atoms with Gasteiger partial charge in [-0.25, -0.2) is 0 Å². The van der Waals surface area contributed by atoms with Crippen LogP contribution in [0.4, 0.5) is 5.69 Å². The first kappa shape index (κ1) is 13.1. The van der Waals surface area contributed by atoms with Gasteiger partial charge in [0.25, 0.3) is 0 Å². The Hall–Kier alpha value is -1.36. The summed E-state index contributed by atoms with van der Waals surface area (Å²) < 4.78 is 10.9. The third-order valence-electron chi connectivity index (χ3n) is 2.71. The van der Waals surface area contributed by atoms with Crippen molar-refractivity contribution < 1.29 is 14.3 Å². The summed E-state index contributed by atoms with van der Waals surface area (Å²) >= 11 is 4.28. The molecule has 1 atom stereocenters. The van der Waals surface area contributed by atoms with Gasteiger partial charge in [-0.3, -0.25) is 4.79 Å². The lowest BCUT2D eigenvalue weighted by molar-refractivity contribution is -0.116. The molecule has 4 nitrogen and oxygen atoms in total. The van der Waals surface area contributed by atoms with Gasteiger partial charge in [-0.05, 0) is 18.1 Å². The molecule has 1 aliphatic rings. The number of hydrogen-bond donors (Lipinski definition) is 2. The number of rotatable bonds is 3. The second-order valence-electron chi connectivity index (χ2n) is 4.54. The predicted molar refractivity (Wildman–Crippen MR) is 73.7 cm³/mol. The number of benzene rings is 1. The quantitative estimate of drug-likeness (QED) is 0.826. The van der Waals surface area contributed by atoms with Crippen LogP contribution < -0.4 is 14.8 Å². The van der Waals surface area contributed by atoms with Crippen molar-refractivity contribution in [2.45, 2.75) is 19.1 Å². The zero-order valence-electron chi connectivity index (χ0n) is 10.5. The van der Waals surface area contributed by atoms with Crippen LogP contribution in [0.3, 0.4) is 0 Å². The van der Waals surface area contributed by atoms with E-state index in [4.69, 9.17) is 9.47 Å². The molecule has 0 saturated heterocycles. The summed E-state index contributed by atoms with van der Waals surface area (Å²) in [5.74, 6) is 1.46. The monoisotopic (exact) mass is 267 g/mol. The molecule has 1 aliphatic heterocycles. The highest BCUT2D eigenvalue weighted by molar-refractivity contribution is 7.81. The lowest BCUT2D eigenvalue weighted by atomic mass is 10.1. The Balaban J connectivity index is 2.08. The zero-order valence-corrected chi connectivity index (χ0v) is 11.4. The van der Waals surface area contributed by atoms with Gasteiger partial charge >= 0.3 is 0 Å². The van der Waals surface area contributed by atoms with Crippen molar-refractivity contribution in [1.29, 1.82) is 0 Å². The molecule has 2 rings (SSSR count). The van der Waals surface area contributed by atoms with Crippen molar-refractivity contribution in [3.8, 4) is 11.5 Å². The third kappa shape index (κ3) is 2.90. The Morgan fingerprint density at radius 3 is 2.61 bits per heavy atom. The molecule has 5 heteroatoms. The van der Waals surface area contributed by atoms with Crippen molar-refractivity contribution in [1.82, 2.24) is 0 Å². The summed E-state index contributed by atoms with van der Waals surface area (Å²) in [6.07, 6.45) is 0. The molecule has 0 aliphatic carbocycles. The number of hydrogen-bond acceptors (Lipinski definition) is 4. The van der Waals surface area contributed by atoms with Crippen LogP contribution >= 0.6 is 12.6 Å². The average molecular weight is 267 g/mol. The van der Waals surface area contributed by atoms with Crippen molar-refractivity contribution in [3.63, 3.8) is 0 Å². The summed E-state index contributed by atoms with van der Waals surface area (Å²) in [7, 11) is 0. The molecule has 1 aromatic carbocycles. The Morgan fingerprint density at radius 2 is 1.94 bits per heavy atom. The number of carbonyl (C=O) groups is 1. The smallest absolute Gasteiger partial charge is 0.237 e. The van der Waals surface area contributed by atoms with Gasteiger partial charge < -0.3 is 14.8 Å². The van der Waals surface area contributed by atoms with E-state index < -0.39 is 0 Å². The molecule has 0 spiro atoms. The van der Waals surface area contributed by atoms with Crippen LogP contribution in [0.5, 0.6) is 11.5 Å². The number of anilines is 1. The van der Waals surface area contributed by atoms with Gasteiger partial charge in [0.15, 0.2) is 11.5 Å². The molecule has 0 aromatic heterocycles. The largest absolute Gasteiger partial charge is 0.486 e. The maximum absolute atomic E-state index is 11.9. The van der Waals surface area contributed by atoms with E-state index in [1.54, 1.807) is 18.2 Å². The van der Waals surface area contributed by atoms with Crippen LogP contribution in [-0.4, -0.2) is 24.4 Å². The minimum Gasteiger partial charge on any atom is -0.486 e. The summed E-state index contributed by atoms with van der Waals surface area (Å²) in [6.45, 7) is 5.01. The van der Waals surface area contributed by atoms with Gasteiger partial charge in [0, 0.05) is 11.8 Å². The number of carbonyl (C=O) groups excluding carboxylic acids is 1. The fraction of sp³-hybridized carbons (Fsp3) is 0.462. The van der Waals surface area contributed by atoms with Crippen molar-refractivity contribution in [2.75, 3.05) is 18.5 Å². The first-order valence-electron chi connectivity index (χ1n) is 5.96. The zero-order chi connectivity index (χ0) is 13.1. The standard InChI is InChI=1S/C13H17NO3S/c1-8(2)12(18)13(15)14-9-3-4-10-11(7-9)17-6-5-16-10/h3-4,7-8,12,18H,5-6H2,1-2H3,(H,14,15). The van der Waals surface area contributed by atoms with Crippen LogP contribution in [0.1, 0.15) is 13.8 Å². The highest BCUT2D eigenvalue weighted by atomic mass is 32.1. The number of thiol groups is 1. The van der Waals surface area contributed by atoms with Gasteiger partial charge in [-0.2, -0.15) is 12.6 Å². The van der Waals surface area contributed by atoms with E-state index in [0.29, 0.717) is 30.4 Å². The number of nitrogens with one attached hydrogen (secondary N) is 1. The van der Waals surface area contributed by atoms with Gasteiger partial charge in [0.05, 0.1) is 5.25 Å². The first-order valence-corrected chi connectivity index (χ1v) is 6.48. The van der Waals surface area contributed by atoms with Crippen LogP contribution in [0, 0.1) is 5.92 Å². The second kappa shape index (κ2) is 5.52. The van der Waals surface area contributed by atoms with E-state index >= 15 is 0 Å². The molecule has 18 heavy (non-hydrogen) atoms.